The summed E-state index contributed by atoms with van der Waals surface area (Å²) in [6.45, 7) is 2.68. The lowest BCUT2D eigenvalue weighted by molar-refractivity contribution is -0.187. The summed E-state index contributed by atoms with van der Waals surface area (Å²) in [6, 6.07) is 0. The van der Waals surface area contributed by atoms with Crippen LogP contribution in [0.5, 0.6) is 0 Å². The molecule has 1 aliphatic heterocycles. The van der Waals surface area contributed by atoms with E-state index in [-0.39, 0.29) is 12.8 Å². The molecule has 1 aliphatic rings. The maximum absolute atomic E-state index is 12.8. The van der Waals surface area contributed by atoms with Gasteiger partial charge in [-0.15, -0.1) is 0 Å². The van der Waals surface area contributed by atoms with Gasteiger partial charge in [0.15, 0.2) is 0 Å². The van der Waals surface area contributed by atoms with E-state index >= 15 is 0 Å². The van der Waals surface area contributed by atoms with Crippen LogP contribution in [0.2, 0.25) is 0 Å². The molecule has 0 spiro atoms. The van der Waals surface area contributed by atoms with Crippen LogP contribution in [0.15, 0.2) is 0 Å². The van der Waals surface area contributed by atoms with Crippen LogP contribution in [0.3, 0.4) is 0 Å². The van der Waals surface area contributed by atoms with Gasteiger partial charge in [-0.2, -0.15) is 0 Å². The van der Waals surface area contributed by atoms with Crippen LogP contribution < -0.4 is 0 Å². The predicted molar refractivity (Wildman–Crippen MR) is 49.7 cm³/mol. The van der Waals surface area contributed by atoms with E-state index in [1.54, 1.807) is 13.8 Å². The maximum Gasteiger partial charge on any atom is 0.313 e. The number of halogens is 2. The number of hydrogen-bond donors (Lipinski definition) is 0. The number of hydrogen-bond acceptors (Lipinski definition) is 3. The van der Waals surface area contributed by atoms with Crippen molar-refractivity contribution in [2.24, 2.45) is 5.41 Å². The summed E-state index contributed by atoms with van der Waals surface area (Å²) in [6.07, 6.45) is -0.558. The Morgan fingerprint density at radius 3 is 2.53 bits per heavy atom. The van der Waals surface area contributed by atoms with Crippen LogP contribution in [0.25, 0.3) is 0 Å². The number of ether oxygens (including phenoxy) is 2. The van der Waals surface area contributed by atoms with Gasteiger partial charge in [0.2, 0.25) is 0 Å². The highest BCUT2D eigenvalue weighted by Gasteiger charge is 2.45. The average molecular weight is 222 g/mol. The zero-order chi connectivity index (χ0) is 11.7. The summed E-state index contributed by atoms with van der Waals surface area (Å²) in [5.74, 6) is -3.19. The summed E-state index contributed by atoms with van der Waals surface area (Å²) < 4.78 is 35.3. The third-order valence-electron chi connectivity index (χ3n) is 2.78. The molecule has 0 aromatic rings. The van der Waals surface area contributed by atoms with Gasteiger partial charge in [-0.1, -0.05) is 0 Å². The fraction of sp³-hybridized carbons (Fsp3) is 0.900. The molecule has 1 fully saturated rings. The normalized spacial score (nSPS) is 26.1. The van der Waals surface area contributed by atoms with Gasteiger partial charge in [0, 0.05) is 6.42 Å². The molecule has 88 valence electrons. The number of esters is 1. The Kier molecular flexibility index (Phi) is 3.33. The Morgan fingerprint density at radius 1 is 1.53 bits per heavy atom. The summed E-state index contributed by atoms with van der Waals surface area (Å²) in [5, 5.41) is 0. The number of rotatable bonds is 2. The lowest BCUT2D eigenvalue weighted by Gasteiger charge is -2.36. The van der Waals surface area contributed by atoms with Crippen molar-refractivity contribution in [3.05, 3.63) is 0 Å². The number of carbonyl (C=O) groups is 1. The summed E-state index contributed by atoms with van der Waals surface area (Å²) in [5.41, 5.74) is -0.870. The molecule has 0 radical (unpaired) electrons. The lowest BCUT2D eigenvalue weighted by atomic mass is 9.82. The van der Waals surface area contributed by atoms with E-state index in [4.69, 9.17) is 4.74 Å². The quantitative estimate of drug-likeness (QED) is 0.670. The maximum atomic E-state index is 12.8. The highest BCUT2D eigenvalue weighted by molar-refractivity contribution is 5.76. The third kappa shape index (κ3) is 2.65. The molecule has 3 nitrogen and oxygen atoms in total. The molecule has 0 saturated carbocycles. The van der Waals surface area contributed by atoms with Gasteiger partial charge >= 0.3 is 5.97 Å². The van der Waals surface area contributed by atoms with Crippen molar-refractivity contribution in [1.82, 2.24) is 0 Å². The number of carbonyl (C=O) groups excluding carboxylic acids is 1. The fourth-order valence-electron chi connectivity index (χ4n) is 1.68. The largest absolute Gasteiger partial charge is 0.469 e. The molecule has 0 aromatic heterocycles. The zero-order valence-corrected chi connectivity index (χ0v) is 9.18. The van der Waals surface area contributed by atoms with E-state index in [1.165, 1.54) is 7.11 Å². The molecule has 15 heavy (non-hydrogen) atoms. The summed E-state index contributed by atoms with van der Waals surface area (Å²) >= 11 is 0. The molecule has 0 bridgehead atoms. The molecule has 0 N–H and O–H groups in total. The SMILES string of the molecule is COC(=O)C(C)(C)C1CCC(F)(F)CO1. The molecule has 1 rings (SSSR count). The number of alkyl halides is 2. The van der Waals surface area contributed by atoms with Crippen molar-refractivity contribution in [3.63, 3.8) is 0 Å². The molecule has 1 saturated heterocycles. The highest BCUT2D eigenvalue weighted by Crippen LogP contribution is 2.36. The van der Waals surface area contributed by atoms with Crippen molar-refractivity contribution < 1.29 is 23.0 Å². The van der Waals surface area contributed by atoms with Gasteiger partial charge in [0.05, 0.1) is 18.6 Å². The Hall–Kier alpha value is -0.710. The van der Waals surface area contributed by atoms with Crippen molar-refractivity contribution in [3.8, 4) is 0 Å². The van der Waals surface area contributed by atoms with Crippen molar-refractivity contribution >= 4 is 5.97 Å². The second kappa shape index (κ2) is 4.04. The standard InChI is InChI=1S/C10H16F2O3/c1-9(2,8(13)14-3)7-4-5-10(11,12)6-15-7/h7H,4-6H2,1-3H3. The van der Waals surface area contributed by atoms with Crippen LogP contribution in [-0.4, -0.2) is 31.7 Å². The molecule has 0 aromatic carbocycles. The van der Waals surface area contributed by atoms with Gasteiger partial charge in [-0.3, -0.25) is 4.79 Å². The molecule has 1 heterocycles. The third-order valence-corrected chi connectivity index (χ3v) is 2.78. The minimum Gasteiger partial charge on any atom is -0.469 e. The first-order valence-corrected chi connectivity index (χ1v) is 4.87. The van der Waals surface area contributed by atoms with Crippen molar-refractivity contribution in [1.29, 1.82) is 0 Å². The number of methoxy groups -OCH3 is 1. The minimum atomic E-state index is -2.76. The Morgan fingerprint density at radius 2 is 2.13 bits per heavy atom. The second-order valence-corrected chi connectivity index (χ2v) is 4.41. The molecular weight excluding hydrogens is 206 g/mol. The molecule has 1 atom stereocenters. The van der Waals surface area contributed by atoms with Crippen LogP contribution >= 0.6 is 0 Å². The van der Waals surface area contributed by atoms with Gasteiger partial charge in [-0.05, 0) is 20.3 Å². The molecular formula is C10H16F2O3. The topological polar surface area (TPSA) is 35.5 Å². The molecule has 5 heteroatoms. The highest BCUT2D eigenvalue weighted by atomic mass is 19.3. The van der Waals surface area contributed by atoms with E-state index in [1.807, 2.05) is 0 Å². The summed E-state index contributed by atoms with van der Waals surface area (Å²) in [7, 11) is 1.28. The minimum absolute atomic E-state index is 0.176. The zero-order valence-electron chi connectivity index (χ0n) is 9.18. The van der Waals surface area contributed by atoms with E-state index in [0.717, 1.165) is 0 Å². The Labute approximate surface area is 87.7 Å². The fourth-order valence-corrected chi connectivity index (χ4v) is 1.68. The van der Waals surface area contributed by atoms with Crippen LogP contribution in [0.1, 0.15) is 26.7 Å². The smallest absolute Gasteiger partial charge is 0.313 e. The predicted octanol–water partition coefficient (Wildman–Crippen LogP) is 2.00. The van der Waals surface area contributed by atoms with Crippen molar-refractivity contribution in [2.45, 2.75) is 38.7 Å². The van der Waals surface area contributed by atoms with Crippen LogP contribution in [0, 0.1) is 5.41 Å². The van der Waals surface area contributed by atoms with E-state index in [9.17, 15) is 13.6 Å². The lowest BCUT2D eigenvalue weighted by Crippen LogP contribution is -2.46. The first kappa shape index (κ1) is 12.4. The van der Waals surface area contributed by atoms with E-state index < -0.39 is 30.0 Å². The first-order valence-electron chi connectivity index (χ1n) is 4.87. The van der Waals surface area contributed by atoms with Gasteiger partial charge in [0.25, 0.3) is 5.92 Å². The first-order chi connectivity index (χ1) is 6.79. The molecule has 1 unspecified atom stereocenters. The Bertz CT molecular complexity index is 241. The molecule has 0 aliphatic carbocycles. The van der Waals surface area contributed by atoms with Crippen molar-refractivity contribution in [2.75, 3.05) is 13.7 Å². The van der Waals surface area contributed by atoms with Gasteiger partial charge in [0.1, 0.15) is 6.61 Å². The Balaban J connectivity index is 2.63. The monoisotopic (exact) mass is 222 g/mol. The van der Waals surface area contributed by atoms with Crippen LogP contribution in [-0.2, 0) is 14.3 Å². The van der Waals surface area contributed by atoms with E-state index in [0.29, 0.717) is 0 Å². The average Bonchev–Trinajstić information content (AvgIpc) is 2.15. The molecule has 0 amide bonds. The van der Waals surface area contributed by atoms with E-state index in [2.05, 4.69) is 4.74 Å². The summed E-state index contributed by atoms with van der Waals surface area (Å²) in [4.78, 5) is 11.4. The van der Waals surface area contributed by atoms with Crippen LogP contribution in [0.4, 0.5) is 8.78 Å². The second-order valence-electron chi connectivity index (χ2n) is 4.41. The van der Waals surface area contributed by atoms with Gasteiger partial charge < -0.3 is 9.47 Å². The van der Waals surface area contributed by atoms with Gasteiger partial charge in [-0.25, -0.2) is 8.78 Å².